The molecule has 2 heterocycles. The lowest BCUT2D eigenvalue weighted by atomic mass is 10.1. The van der Waals surface area contributed by atoms with Crippen LogP contribution in [-0.2, 0) is 4.79 Å². The number of hydrogen-bond acceptors (Lipinski definition) is 4. The smallest absolute Gasteiger partial charge is 0.248 e. The zero-order chi connectivity index (χ0) is 24.5. The van der Waals surface area contributed by atoms with Gasteiger partial charge in [0.2, 0.25) is 11.8 Å². The van der Waals surface area contributed by atoms with E-state index in [-0.39, 0.29) is 5.91 Å². The molecule has 0 unspecified atom stereocenters. The highest BCUT2D eigenvalue weighted by atomic mass is 35.5. The SMILES string of the molecule is Cc1ccc2oc(-c3ccc(C)c(NC(=O)C=Cc4ccc(-c5cccc(Cl)c5Cl)o4)c3)nc2c1. The number of furan rings is 1. The standard InChI is InChI=1S/C28H20Cl2N2O3/c1-16-6-11-25-23(14-16)32-28(35-25)18-8-7-17(2)22(15-18)31-26(33)13-10-19-9-12-24(34-19)20-4-3-5-21(29)27(20)30/h3-15H,1-2H3,(H,31,33). The average Bonchev–Trinajstić information content (AvgIpc) is 3.48. The van der Waals surface area contributed by atoms with E-state index in [1.807, 2.05) is 56.3 Å². The van der Waals surface area contributed by atoms with Crippen LogP contribution >= 0.6 is 23.2 Å². The van der Waals surface area contributed by atoms with Crippen molar-refractivity contribution in [2.75, 3.05) is 5.32 Å². The number of carbonyl (C=O) groups excluding carboxylic acids is 1. The molecule has 0 atom stereocenters. The van der Waals surface area contributed by atoms with E-state index < -0.39 is 0 Å². The molecule has 0 spiro atoms. The van der Waals surface area contributed by atoms with Gasteiger partial charge in [-0.25, -0.2) is 4.98 Å². The van der Waals surface area contributed by atoms with Gasteiger partial charge in [0.25, 0.3) is 0 Å². The Morgan fingerprint density at radius 3 is 2.69 bits per heavy atom. The van der Waals surface area contributed by atoms with Gasteiger partial charge in [-0.15, -0.1) is 0 Å². The Morgan fingerprint density at radius 2 is 1.83 bits per heavy atom. The highest BCUT2D eigenvalue weighted by molar-refractivity contribution is 6.43. The first-order valence-electron chi connectivity index (χ1n) is 10.9. The van der Waals surface area contributed by atoms with Crippen LogP contribution in [0, 0.1) is 13.8 Å². The van der Waals surface area contributed by atoms with Gasteiger partial charge in [-0.05, 0) is 79.6 Å². The second-order valence-electron chi connectivity index (χ2n) is 8.15. The zero-order valence-corrected chi connectivity index (χ0v) is 20.4. The molecule has 1 amide bonds. The number of hydrogen-bond donors (Lipinski definition) is 1. The summed E-state index contributed by atoms with van der Waals surface area (Å²) < 4.78 is 11.7. The molecular formula is C28H20Cl2N2O3. The number of fused-ring (bicyclic) bond motifs is 1. The van der Waals surface area contributed by atoms with Crippen LogP contribution in [0.25, 0.3) is 40.0 Å². The molecule has 0 saturated heterocycles. The molecule has 1 N–H and O–H groups in total. The summed E-state index contributed by atoms with van der Waals surface area (Å²) in [6.07, 6.45) is 3.01. The van der Waals surface area contributed by atoms with E-state index in [0.717, 1.165) is 27.8 Å². The fourth-order valence-corrected chi connectivity index (χ4v) is 4.06. The van der Waals surface area contributed by atoms with Gasteiger partial charge in [-0.2, -0.15) is 0 Å². The normalized spacial score (nSPS) is 11.4. The lowest BCUT2D eigenvalue weighted by Gasteiger charge is -2.08. The maximum absolute atomic E-state index is 12.6. The van der Waals surface area contributed by atoms with Crippen molar-refractivity contribution < 1.29 is 13.6 Å². The van der Waals surface area contributed by atoms with Gasteiger partial charge in [-0.3, -0.25) is 4.79 Å². The Labute approximate surface area is 212 Å². The lowest BCUT2D eigenvalue weighted by molar-refractivity contribution is -0.111. The molecule has 5 rings (SSSR count). The van der Waals surface area contributed by atoms with E-state index in [1.54, 1.807) is 30.3 Å². The van der Waals surface area contributed by atoms with Gasteiger partial charge in [0.1, 0.15) is 17.0 Å². The maximum atomic E-state index is 12.6. The van der Waals surface area contributed by atoms with Crippen molar-refractivity contribution in [1.29, 1.82) is 0 Å². The first-order valence-corrected chi connectivity index (χ1v) is 11.6. The highest BCUT2D eigenvalue weighted by Crippen LogP contribution is 2.34. The van der Waals surface area contributed by atoms with Gasteiger partial charge in [-0.1, -0.05) is 41.4 Å². The van der Waals surface area contributed by atoms with E-state index in [9.17, 15) is 4.79 Å². The molecule has 0 bridgehead atoms. The van der Waals surface area contributed by atoms with Crippen LogP contribution in [-0.4, -0.2) is 10.9 Å². The number of anilines is 1. The minimum atomic E-state index is -0.294. The predicted octanol–water partition coefficient (Wildman–Crippen LogP) is 8.33. The summed E-state index contributed by atoms with van der Waals surface area (Å²) in [5.74, 6) is 1.28. The first-order chi connectivity index (χ1) is 16.9. The topological polar surface area (TPSA) is 68.3 Å². The van der Waals surface area contributed by atoms with Crippen molar-refractivity contribution in [2.24, 2.45) is 0 Å². The molecule has 2 aromatic heterocycles. The van der Waals surface area contributed by atoms with Crippen LogP contribution < -0.4 is 5.32 Å². The third kappa shape index (κ3) is 4.87. The first kappa shape index (κ1) is 23.0. The fraction of sp³-hybridized carbons (Fsp3) is 0.0714. The molecule has 3 aromatic carbocycles. The van der Waals surface area contributed by atoms with Crippen LogP contribution in [0.2, 0.25) is 10.0 Å². The fourth-order valence-electron chi connectivity index (χ4n) is 3.66. The van der Waals surface area contributed by atoms with E-state index in [4.69, 9.17) is 32.0 Å². The molecule has 35 heavy (non-hydrogen) atoms. The Hall–Kier alpha value is -3.80. The number of rotatable bonds is 5. The van der Waals surface area contributed by atoms with E-state index in [1.165, 1.54) is 6.08 Å². The zero-order valence-electron chi connectivity index (χ0n) is 18.9. The molecule has 0 aliphatic heterocycles. The number of nitrogens with one attached hydrogen (secondary N) is 1. The van der Waals surface area contributed by atoms with Gasteiger partial charge in [0.15, 0.2) is 5.58 Å². The number of aromatic nitrogens is 1. The average molecular weight is 503 g/mol. The largest absolute Gasteiger partial charge is 0.457 e. The predicted molar refractivity (Wildman–Crippen MR) is 141 cm³/mol. The van der Waals surface area contributed by atoms with E-state index >= 15 is 0 Å². The second kappa shape index (κ2) is 9.45. The Morgan fingerprint density at radius 1 is 0.971 bits per heavy atom. The summed E-state index contributed by atoms with van der Waals surface area (Å²) in [4.78, 5) is 17.2. The summed E-state index contributed by atoms with van der Waals surface area (Å²) in [6.45, 7) is 3.93. The van der Waals surface area contributed by atoms with Crippen molar-refractivity contribution in [3.05, 3.63) is 99.7 Å². The minimum absolute atomic E-state index is 0.294. The number of amides is 1. The summed E-state index contributed by atoms with van der Waals surface area (Å²) in [6, 6.07) is 20.4. The van der Waals surface area contributed by atoms with Crippen LogP contribution in [0.3, 0.4) is 0 Å². The molecule has 0 saturated carbocycles. The second-order valence-corrected chi connectivity index (χ2v) is 8.93. The van der Waals surface area contributed by atoms with Crippen LogP contribution in [0.4, 0.5) is 5.69 Å². The van der Waals surface area contributed by atoms with Gasteiger partial charge in [0, 0.05) is 22.9 Å². The van der Waals surface area contributed by atoms with E-state index in [2.05, 4.69) is 10.3 Å². The Kier molecular flexibility index (Phi) is 6.20. The molecule has 5 aromatic rings. The molecule has 174 valence electrons. The Bertz CT molecular complexity index is 1600. The molecule has 0 aliphatic rings. The van der Waals surface area contributed by atoms with Gasteiger partial charge in [0.05, 0.1) is 10.0 Å². The van der Waals surface area contributed by atoms with Crippen LogP contribution in [0.5, 0.6) is 0 Å². The number of oxazole rings is 1. The van der Waals surface area contributed by atoms with Gasteiger partial charge < -0.3 is 14.2 Å². The van der Waals surface area contributed by atoms with Gasteiger partial charge >= 0.3 is 0 Å². The maximum Gasteiger partial charge on any atom is 0.248 e. The van der Waals surface area contributed by atoms with Crippen molar-refractivity contribution >= 4 is 52.0 Å². The summed E-state index contributed by atoms with van der Waals surface area (Å²) in [5, 5.41) is 3.78. The lowest BCUT2D eigenvalue weighted by Crippen LogP contribution is -2.09. The molecule has 0 aliphatic carbocycles. The van der Waals surface area contributed by atoms with E-state index in [0.29, 0.717) is 38.7 Å². The summed E-state index contributed by atoms with van der Waals surface area (Å²) in [5.41, 5.74) is 5.67. The third-order valence-electron chi connectivity index (χ3n) is 5.53. The molecule has 0 radical (unpaired) electrons. The number of halogens is 2. The van der Waals surface area contributed by atoms with Crippen molar-refractivity contribution in [1.82, 2.24) is 4.98 Å². The number of aryl methyl sites for hydroxylation is 2. The summed E-state index contributed by atoms with van der Waals surface area (Å²) >= 11 is 12.4. The number of nitrogens with zero attached hydrogens (tertiary/aromatic N) is 1. The van der Waals surface area contributed by atoms with Crippen LogP contribution in [0.1, 0.15) is 16.9 Å². The quantitative estimate of drug-likeness (QED) is 0.245. The number of benzene rings is 3. The molecular weight excluding hydrogens is 483 g/mol. The van der Waals surface area contributed by atoms with Crippen LogP contribution in [0.15, 0.2) is 81.6 Å². The monoisotopic (exact) mass is 502 g/mol. The molecule has 7 heteroatoms. The number of carbonyl (C=O) groups is 1. The molecule has 0 fully saturated rings. The third-order valence-corrected chi connectivity index (χ3v) is 6.35. The minimum Gasteiger partial charge on any atom is -0.457 e. The molecule has 5 nitrogen and oxygen atoms in total. The van der Waals surface area contributed by atoms with Crippen molar-refractivity contribution in [2.45, 2.75) is 13.8 Å². The van der Waals surface area contributed by atoms with Crippen molar-refractivity contribution in [3.8, 4) is 22.8 Å². The highest BCUT2D eigenvalue weighted by Gasteiger charge is 2.12. The summed E-state index contributed by atoms with van der Waals surface area (Å²) in [7, 11) is 0. The Balaban J connectivity index is 1.33. The van der Waals surface area contributed by atoms with Crippen molar-refractivity contribution in [3.63, 3.8) is 0 Å².